The number of nitrogens with two attached hydrogens (primary N) is 1. The average molecular weight is 416 g/mol. The molecule has 2 aromatic carbocycles. The highest BCUT2D eigenvalue weighted by atomic mass is 32.2. The van der Waals surface area contributed by atoms with E-state index in [4.69, 9.17) is 5.73 Å². The van der Waals surface area contributed by atoms with Gasteiger partial charge in [-0.1, -0.05) is 23.9 Å². The van der Waals surface area contributed by atoms with Gasteiger partial charge in [0.25, 0.3) is 0 Å². The van der Waals surface area contributed by atoms with E-state index in [1.54, 1.807) is 4.57 Å². The molecule has 0 unspecified atom stereocenters. The first-order chi connectivity index (χ1) is 13.8. The van der Waals surface area contributed by atoms with Crippen LogP contribution in [0.5, 0.6) is 0 Å². The van der Waals surface area contributed by atoms with Gasteiger partial charge < -0.3 is 11.1 Å². The number of imidazole rings is 1. The molecule has 29 heavy (non-hydrogen) atoms. The number of hydrogen-bond acceptors (Lipinski definition) is 6. The average Bonchev–Trinajstić information content (AvgIpc) is 3.06. The minimum atomic E-state index is -4.39. The Hall–Kier alpha value is -3.27. The molecule has 0 aliphatic carbocycles. The number of hydrogen-bond donors (Lipinski definition) is 2. The summed E-state index contributed by atoms with van der Waals surface area (Å²) in [4.78, 5) is 13.4. The maximum atomic E-state index is 12.7. The molecule has 6 nitrogen and oxygen atoms in total. The fourth-order valence-electron chi connectivity index (χ4n) is 2.84. The van der Waals surface area contributed by atoms with Gasteiger partial charge >= 0.3 is 6.18 Å². The number of thioether (sulfide) groups is 1. The molecule has 0 amide bonds. The van der Waals surface area contributed by atoms with Crippen molar-refractivity contribution in [3.63, 3.8) is 0 Å². The van der Waals surface area contributed by atoms with Crippen molar-refractivity contribution >= 4 is 40.1 Å². The molecule has 10 heteroatoms. The standard InChI is InChI=1S/C19H15F3N6S/c1-29-18-25-13-4-2-3-5-14(13)28(18)17-26-15(23)10-16(27-17)24-12-8-6-11(7-9-12)19(20,21)22/h2-10H,1H3,(H3,23,24,26,27). The fourth-order valence-corrected chi connectivity index (χ4v) is 3.39. The highest BCUT2D eigenvalue weighted by molar-refractivity contribution is 7.98. The summed E-state index contributed by atoms with van der Waals surface area (Å²) in [6.45, 7) is 0. The quantitative estimate of drug-likeness (QED) is 0.462. The normalized spacial score (nSPS) is 11.7. The molecule has 3 N–H and O–H groups in total. The predicted octanol–water partition coefficient (Wildman–Crippen LogP) is 4.88. The van der Waals surface area contributed by atoms with Gasteiger partial charge in [0.1, 0.15) is 11.6 Å². The van der Waals surface area contributed by atoms with Gasteiger partial charge in [-0.3, -0.25) is 4.57 Å². The van der Waals surface area contributed by atoms with Crippen molar-refractivity contribution in [2.75, 3.05) is 17.3 Å². The Morgan fingerprint density at radius 1 is 1.00 bits per heavy atom. The minimum absolute atomic E-state index is 0.217. The third-order valence-electron chi connectivity index (χ3n) is 4.13. The zero-order valence-electron chi connectivity index (χ0n) is 15.1. The van der Waals surface area contributed by atoms with Crippen LogP contribution in [-0.4, -0.2) is 25.8 Å². The van der Waals surface area contributed by atoms with Crippen molar-refractivity contribution in [2.45, 2.75) is 11.3 Å². The Kier molecular flexibility index (Phi) is 4.79. The largest absolute Gasteiger partial charge is 0.416 e. The monoisotopic (exact) mass is 416 g/mol. The van der Waals surface area contributed by atoms with Crippen molar-refractivity contribution in [2.24, 2.45) is 0 Å². The number of fused-ring (bicyclic) bond motifs is 1. The smallest absolute Gasteiger partial charge is 0.383 e. The Balaban J connectivity index is 1.72. The number of aromatic nitrogens is 4. The van der Waals surface area contributed by atoms with Gasteiger partial charge in [0.05, 0.1) is 16.6 Å². The molecular formula is C19H15F3N6S. The third-order valence-corrected chi connectivity index (χ3v) is 4.77. The molecule has 4 aromatic rings. The van der Waals surface area contributed by atoms with Crippen molar-refractivity contribution < 1.29 is 13.2 Å². The number of nitrogens with zero attached hydrogens (tertiary/aromatic N) is 4. The van der Waals surface area contributed by atoms with Crippen LogP contribution in [0.4, 0.5) is 30.5 Å². The molecule has 2 aromatic heterocycles. The maximum absolute atomic E-state index is 12.7. The van der Waals surface area contributed by atoms with Crippen molar-refractivity contribution in [3.05, 3.63) is 60.2 Å². The Labute approximate surface area is 168 Å². The molecule has 0 saturated heterocycles. The summed E-state index contributed by atoms with van der Waals surface area (Å²) in [7, 11) is 0. The highest BCUT2D eigenvalue weighted by Crippen LogP contribution is 2.31. The zero-order chi connectivity index (χ0) is 20.6. The van der Waals surface area contributed by atoms with Crippen LogP contribution in [0.15, 0.2) is 59.8 Å². The fraction of sp³-hybridized carbons (Fsp3) is 0.105. The van der Waals surface area contributed by atoms with Crippen LogP contribution in [0.2, 0.25) is 0 Å². The molecular weight excluding hydrogens is 401 g/mol. The lowest BCUT2D eigenvalue weighted by molar-refractivity contribution is -0.137. The summed E-state index contributed by atoms with van der Waals surface area (Å²) in [5, 5.41) is 3.66. The zero-order valence-corrected chi connectivity index (χ0v) is 15.9. The summed E-state index contributed by atoms with van der Waals surface area (Å²) in [6, 6.07) is 13.8. The number of halogens is 3. The molecule has 4 rings (SSSR count). The number of benzene rings is 2. The summed E-state index contributed by atoms with van der Waals surface area (Å²) in [6.07, 6.45) is -2.49. The van der Waals surface area contributed by atoms with E-state index in [2.05, 4.69) is 20.3 Å². The van der Waals surface area contributed by atoms with E-state index in [9.17, 15) is 13.2 Å². The van der Waals surface area contributed by atoms with Crippen LogP contribution >= 0.6 is 11.8 Å². The number of nitrogens with one attached hydrogen (secondary N) is 1. The second kappa shape index (κ2) is 7.28. The number of alkyl halides is 3. The molecule has 0 aliphatic heterocycles. The number of nitrogen functional groups attached to an aromatic ring is 1. The topological polar surface area (TPSA) is 81.7 Å². The molecule has 148 valence electrons. The SMILES string of the molecule is CSc1nc2ccccc2n1-c1nc(N)cc(Nc2ccc(C(F)(F)F)cc2)n1. The molecule has 0 radical (unpaired) electrons. The van der Waals surface area contributed by atoms with Crippen LogP contribution in [0, 0.1) is 0 Å². The lowest BCUT2D eigenvalue weighted by Crippen LogP contribution is -2.08. The number of anilines is 3. The van der Waals surface area contributed by atoms with Gasteiger partial charge in [-0.2, -0.15) is 23.1 Å². The van der Waals surface area contributed by atoms with Crippen molar-refractivity contribution in [1.82, 2.24) is 19.5 Å². The summed E-state index contributed by atoms with van der Waals surface area (Å²) in [5.74, 6) is 0.892. The van der Waals surface area contributed by atoms with Gasteiger partial charge in [-0.05, 0) is 42.7 Å². The second-order valence-electron chi connectivity index (χ2n) is 6.10. The van der Waals surface area contributed by atoms with Gasteiger partial charge in [-0.25, -0.2) is 4.98 Å². The van der Waals surface area contributed by atoms with Crippen LogP contribution < -0.4 is 11.1 Å². The van der Waals surface area contributed by atoms with E-state index in [1.807, 2.05) is 30.5 Å². The van der Waals surface area contributed by atoms with E-state index < -0.39 is 11.7 Å². The Morgan fingerprint density at radius 3 is 2.41 bits per heavy atom. The number of rotatable bonds is 4. The summed E-state index contributed by atoms with van der Waals surface area (Å²) < 4.78 is 40.0. The molecule has 0 atom stereocenters. The molecule has 0 spiro atoms. The first-order valence-electron chi connectivity index (χ1n) is 8.46. The van der Waals surface area contributed by atoms with E-state index >= 15 is 0 Å². The summed E-state index contributed by atoms with van der Waals surface area (Å²) >= 11 is 1.44. The maximum Gasteiger partial charge on any atom is 0.416 e. The van der Waals surface area contributed by atoms with Gasteiger partial charge in [0.2, 0.25) is 5.95 Å². The van der Waals surface area contributed by atoms with Crippen molar-refractivity contribution in [3.8, 4) is 5.95 Å². The Bertz CT molecular complexity index is 1170. The number of para-hydroxylation sites is 2. The third kappa shape index (κ3) is 3.83. The highest BCUT2D eigenvalue weighted by Gasteiger charge is 2.29. The molecule has 0 saturated carbocycles. The summed E-state index contributed by atoms with van der Waals surface area (Å²) in [5.41, 5.74) is 7.29. The van der Waals surface area contributed by atoms with Crippen LogP contribution in [-0.2, 0) is 6.18 Å². The Morgan fingerprint density at radius 2 is 1.72 bits per heavy atom. The van der Waals surface area contributed by atoms with Crippen LogP contribution in [0.25, 0.3) is 17.0 Å². The molecule has 2 heterocycles. The van der Waals surface area contributed by atoms with E-state index in [0.29, 0.717) is 22.6 Å². The van der Waals surface area contributed by atoms with E-state index in [0.717, 1.165) is 23.2 Å². The lowest BCUT2D eigenvalue weighted by Gasteiger charge is -2.12. The molecule has 0 aliphatic rings. The van der Waals surface area contributed by atoms with Crippen LogP contribution in [0.1, 0.15) is 5.56 Å². The van der Waals surface area contributed by atoms with E-state index in [-0.39, 0.29) is 5.82 Å². The van der Waals surface area contributed by atoms with Crippen molar-refractivity contribution in [1.29, 1.82) is 0 Å². The predicted molar refractivity (Wildman–Crippen MR) is 108 cm³/mol. The van der Waals surface area contributed by atoms with E-state index in [1.165, 1.54) is 30.0 Å². The van der Waals surface area contributed by atoms with Gasteiger partial charge in [0, 0.05) is 11.8 Å². The second-order valence-corrected chi connectivity index (χ2v) is 6.87. The first-order valence-corrected chi connectivity index (χ1v) is 9.68. The lowest BCUT2D eigenvalue weighted by atomic mass is 10.2. The van der Waals surface area contributed by atoms with Crippen LogP contribution in [0.3, 0.4) is 0 Å². The minimum Gasteiger partial charge on any atom is -0.383 e. The first kappa shape index (κ1) is 19.1. The molecule has 0 bridgehead atoms. The van der Waals surface area contributed by atoms with Gasteiger partial charge in [-0.15, -0.1) is 0 Å². The van der Waals surface area contributed by atoms with Gasteiger partial charge in [0.15, 0.2) is 5.16 Å². The molecule has 0 fully saturated rings.